The second-order valence-electron chi connectivity index (χ2n) is 7.77. The molecule has 0 bridgehead atoms. The van der Waals surface area contributed by atoms with Crippen LogP contribution in [0.15, 0.2) is 47.8 Å². The van der Waals surface area contributed by atoms with Crippen molar-refractivity contribution in [1.82, 2.24) is 14.8 Å². The molecule has 3 aromatic rings. The zero-order chi connectivity index (χ0) is 21.8. The van der Waals surface area contributed by atoms with E-state index in [-0.39, 0.29) is 17.7 Å². The maximum absolute atomic E-state index is 12.9. The number of likely N-dealkylation sites (tertiary alicyclic amines) is 1. The Morgan fingerprint density at radius 3 is 2.55 bits per heavy atom. The number of aromatic nitrogens is 1. The smallest absolute Gasteiger partial charge is 0.273 e. The van der Waals surface area contributed by atoms with Gasteiger partial charge in [0.2, 0.25) is 5.91 Å². The zero-order valence-corrected chi connectivity index (χ0v) is 18.8. The first kappa shape index (κ1) is 21.3. The van der Waals surface area contributed by atoms with E-state index in [9.17, 15) is 9.59 Å². The SMILES string of the molecule is CCN(CC)C(=O)C1CCN(C(=O)c2csc(Nc3cccc4ccccc34)n2)CC1. The Morgan fingerprint density at radius 1 is 1.10 bits per heavy atom. The molecule has 0 spiro atoms. The summed E-state index contributed by atoms with van der Waals surface area (Å²) in [5.41, 5.74) is 1.43. The van der Waals surface area contributed by atoms with E-state index in [1.807, 2.05) is 53.3 Å². The highest BCUT2D eigenvalue weighted by Gasteiger charge is 2.30. The van der Waals surface area contributed by atoms with Gasteiger partial charge in [-0.3, -0.25) is 9.59 Å². The van der Waals surface area contributed by atoms with Gasteiger partial charge in [-0.15, -0.1) is 11.3 Å². The van der Waals surface area contributed by atoms with Crippen LogP contribution >= 0.6 is 11.3 Å². The number of nitrogens with zero attached hydrogens (tertiary/aromatic N) is 3. The molecule has 0 radical (unpaired) electrons. The van der Waals surface area contributed by atoms with Crippen molar-refractivity contribution in [2.75, 3.05) is 31.5 Å². The molecule has 0 atom stereocenters. The van der Waals surface area contributed by atoms with Gasteiger partial charge in [0.1, 0.15) is 5.69 Å². The zero-order valence-electron chi connectivity index (χ0n) is 18.0. The molecule has 31 heavy (non-hydrogen) atoms. The van der Waals surface area contributed by atoms with Gasteiger partial charge >= 0.3 is 0 Å². The molecular weight excluding hydrogens is 408 g/mol. The van der Waals surface area contributed by atoms with Crippen LogP contribution in [0.25, 0.3) is 10.8 Å². The monoisotopic (exact) mass is 436 g/mol. The number of nitrogens with one attached hydrogen (secondary N) is 1. The summed E-state index contributed by atoms with van der Waals surface area (Å²) in [5.74, 6) is 0.172. The molecule has 162 valence electrons. The Morgan fingerprint density at radius 2 is 1.81 bits per heavy atom. The second kappa shape index (κ2) is 9.47. The Bertz CT molecular complexity index is 1060. The highest BCUT2D eigenvalue weighted by molar-refractivity contribution is 7.14. The molecule has 1 aliphatic heterocycles. The summed E-state index contributed by atoms with van der Waals surface area (Å²) in [6.45, 7) is 6.68. The van der Waals surface area contributed by atoms with Crippen molar-refractivity contribution in [1.29, 1.82) is 0 Å². The fourth-order valence-electron chi connectivity index (χ4n) is 4.16. The van der Waals surface area contributed by atoms with Crippen LogP contribution in [0.5, 0.6) is 0 Å². The fourth-order valence-corrected chi connectivity index (χ4v) is 4.86. The van der Waals surface area contributed by atoms with E-state index in [2.05, 4.69) is 28.5 Å². The molecule has 1 fully saturated rings. The predicted molar refractivity (Wildman–Crippen MR) is 126 cm³/mol. The molecule has 4 rings (SSSR count). The molecule has 2 amide bonds. The molecule has 0 saturated carbocycles. The minimum Gasteiger partial charge on any atom is -0.343 e. The van der Waals surface area contributed by atoms with Crippen LogP contribution in [-0.2, 0) is 4.79 Å². The van der Waals surface area contributed by atoms with Gasteiger partial charge in [-0.25, -0.2) is 4.98 Å². The molecule has 0 unspecified atom stereocenters. The molecule has 1 saturated heterocycles. The summed E-state index contributed by atoms with van der Waals surface area (Å²) in [5, 5.41) is 8.14. The van der Waals surface area contributed by atoms with E-state index in [1.54, 1.807) is 0 Å². The summed E-state index contributed by atoms with van der Waals surface area (Å²) in [4.78, 5) is 33.8. The minimum absolute atomic E-state index is 0.0166. The molecule has 0 aliphatic carbocycles. The Balaban J connectivity index is 1.39. The van der Waals surface area contributed by atoms with E-state index in [0.29, 0.717) is 36.8 Å². The van der Waals surface area contributed by atoms with Gasteiger partial charge in [0.25, 0.3) is 5.91 Å². The number of anilines is 2. The van der Waals surface area contributed by atoms with Gasteiger partial charge in [-0.1, -0.05) is 36.4 Å². The number of carbonyl (C=O) groups is 2. The topological polar surface area (TPSA) is 65.5 Å². The molecule has 1 N–H and O–H groups in total. The van der Waals surface area contributed by atoms with Crippen molar-refractivity contribution < 1.29 is 9.59 Å². The lowest BCUT2D eigenvalue weighted by Gasteiger charge is -2.33. The first-order chi connectivity index (χ1) is 15.1. The van der Waals surface area contributed by atoms with Crippen LogP contribution in [0.4, 0.5) is 10.8 Å². The fraction of sp³-hybridized carbons (Fsp3) is 0.375. The Labute approximate surface area is 186 Å². The number of carbonyl (C=O) groups excluding carboxylic acids is 2. The third-order valence-electron chi connectivity index (χ3n) is 5.96. The molecule has 7 heteroatoms. The largest absolute Gasteiger partial charge is 0.343 e. The first-order valence-corrected chi connectivity index (χ1v) is 11.8. The third-order valence-corrected chi connectivity index (χ3v) is 6.72. The Hall–Kier alpha value is -2.93. The number of piperidine rings is 1. The van der Waals surface area contributed by atoms with Gasteiger partial charge in [0, 0.05) is 48.6 Å². The van der Waals surface area contributed by atoms with Crippen molar-refractivity contribution in [2.45, 2.75) is 26.7 Å². The first-order valence-electron chi connectivity index (χ1n) is 10.9. The van der Waals surface area contributed by atoms with Gasteiger partial charge in [0.05, 0.1) is 0 Å². The second-order valence-corrected chi connectivity index (χ2v) is 8.62. The number of amides is 2. The van der Waals surface area contributed by atoms with E-state index in [4.69, 9.17) is 0 Å². The van der Waals surface area contributed by atoms with Crippen LogP contribution < -0.4 is 5.32 Å². The van der Waals surface area contributed by atoms with Gasteiger partial charge < -0.3 is 15.1 Å². The van der Waals surface area contributed by atoms with E-state index in [0.717, 1.165) is 29.5 Å². The normalized spacial score (nSPS) is 14.6. The summed E-state index contributed by atoms with van der Waals surface area (Å²) < 4.78 is 0. The average Bonchev–Trinajstić information content (AvgIpc) is 3.28. The quantitative estimate of drug-likeness (QED) is 0.605. The molecular formula is C24H28N4O2S. The van der Waals surface area contributed by atoms with E-state index < -0.39 is 0 Å². The number of thiazole rings is 1. The Kier molecular flexibility index (Phi) is 6.51. The summed E-state index contributed by atoms with van der Waals surface area (Å²) in [6.07, 6.45) is 1.43. The van der Waals surface area contributed by atoms with Crippen molar-refractivity contribution in [3.05, 3.63) is 53.5 Å². The van der Waals surface area contributed by atoms with Crippen molar-refractivity contribution >= 4 is 44.7 Å². The van der Waals surface area contributed by atoms with Crippen LogP contribution in [0.2, 0.25) is 0 Å². The highest BCUT2D eigenvalue weighted by Crippen LogP contribution is 2.28. The van der Waals surface area contributed by atoms with Crippen LogP contribution in [-0.4, -0.2) is 52.8 Å². The number of hydrogen-bond donors (Lipinski definition) is 1. The average molecular weight is 437 g/mol. The van der Waals surface area contributed by atoms with Crippen molar-refractivity contribution in [3.63, 3.8) is 0 Å². The molecule has 2 heterocycles. The number of fused-ring (bicyclic) bond motifs is 1. The van der Waals surface area contributed by atoms with Crippen molar-refractivity contribution in [2.24, 2.45) is 5.92 Å². The molecule has 2 aromatic carbocycles. The van der Waals surface area contributed by atoms with E-state index in [1.165, 1.54) is 11.3 Å². The standard InChI is InChI=1S/C24H28N4O2S/c1-3-27(4-2)22(29)18-12-14-28(15-13-18)23(30)21-16-31-24(26-21)25-20-11-7-9-17-8-5-6-10-19(17)20/h5-11,16,18H,3-4,12-15H2,1-2H3,(H,25,26). The maximum atomic E-state index is 12.9. The minimum atomic E-state index is -0.0593. The number of hydrogen-bond acceptors (Lipinski definition) is 5. The summed E-state index contributed by atoms with van der Waals surface area (Å²) in [6, 6.07) is 14.3. The van der Waals surface area contributed by atoms with Gasteiger partial charge in [-0.05, 0) is 38.1 Å². The van der Waals surface area contributed by atoms with Crippen LogP contribution in [0.1, 0.15) is 37.2 Å². The maximum Gasteiger partial charge on any atom is 0.273 e. The highest BCUT2D eigenvalue weighted by atomic mass is 32.1. The van der Waals surface area contributed by atoms with Gasteiger partial charge in [-0.2, -0.15) is 0 Å². The third kappa shape index (κ3) is 4.56. The lowest BCUT2D eigenvalue weighted by molar-refractivity contribution is -0.136. The van der Waals surface area contributed by atoms with Crippen LogP contribution in [0.3, 0.4) is 0 Å². The summed E-state index contributed by atoms with van der Waals surface area (Å²) >= 11 is 1.43. The molecule has 6 nitrogen and oxygen atoms in total. The number of benzene rings is 2. The lowest BCUT2D eigenvalue weighted by atomic mass is 9.95. The molecule has 1 aliphatic rings. The van der Waals surface area contributed by atoms with Crippen LogP contribution in [0, 0.1) is 5.92 Å². The van der Waals surface area contributed by atoms with E-state index >= 15 is 0 Å². The van der Waals surface area contributed by atoms with Gasteiger partial charge in [0.15, 0.2) is 5.13 Å². The van der Waals surface area contributed by atoms with Crippen molar-refractivity contribution in [3.8, 4) is 0 Å². The summed E-state index contributed by atoms with van der Waals surface area (Å²) in [7, 11) is 0. The lowest BCUT2D eigenvalue weighted by Crippen LogP contribution is -2.44. The number of rotatable bonds is 6. The predicted octanol–water partition coefficient (Wildman–Crippen LogP) is 4.76. The molecule has 1 aromatic heterocycles.